The molecule has 0 saturated carbocycles. The van der Waals surface area contributed by atoms with Gasteiger partial charge < -0.3 is 14.8 Å². The average Bonchev–Trinajstić information content (AvgIpc) is 3.00. The molecule has 0 spiro atoms. The lowest BCUT2D eigenvalue weighted by Crippen LogP contribution is -2.31. The summed E-state index contributed by atoms with van der Waals surface area (Å²) in [5.41, 5.74) is 3.45. The molecular weight excluding hydrogens is 304 g/mol. The summed E-state index contributed by atoms with van der Waals surface area (Å²) >= 11 is 0. The van der Waals surface area contributed by atoms with Crippen LogP contribution in [0.5, 0.6) is 11.5 Å². The number of hydrogen-bond donors (Lipinski definition) is 1. The van der Waals surface area contributed by atoms with Crippen LogP contribution in [0.25, 0.3) is 11.1 Å². The first-order valence-corrected chi connectivity index (χ1v) is 7.77. The van der Waals surface area contributed by atoms with Gasteiger partial charge in [0, 0.05) is 24.6 Å². The van der Waals surface area contributed by atoms with E-state index in [1.807, 2.05) is 37.3 Å². The summed E-state index contributed by atoms with van der Waals surface area (Å²) in [5.74, 6) is 1.24. The summed E-state index contributed by atoms with van der Waals surface area (Å²) in [7, 11) is 0. The molecule has 0 aromatic heterocycles. The number of hydrogen-bond acceptors (Lipinski definition) is 4. The highest BCUT2D eigenvalue weighted by Crippen LogP contribution is 2.38. The molecule has 3 rings (SSSR count). The third kappa shape index (κ3) is 3.33. The molecule has 5 heteroatoms. The monoisotopic (exact) mass is 322 g/mol. The highest BCUT2D eigenvalue weighted by Gasteiger charge is 2.18. The van der Waals surface area contributed by atoms with E-state index in [2.05, 4.69) is 11.4 Å². The van der Waals surface area contributed by atoms with Crippen LogP contribution in [-0.2, 0) is 11.2 Å². The minimum atomic E-state index is -0.0295. The van der Waals surface area contributed by atoms with Crippen molar-refractivity contribution in [1.29, 1.82) is 5.26 Å². The smallest absolute Gasteiger partial charge is 0.231 e. The first kappa shape index (κ1) is 15.9. The van der Waals surface area contributed by atoms with Crippen LogP contribution in [0.15, 0.2) is 36.4 Å². The molecule has 1 unspecified atom stereocenters. The summed E-state index contributed by atoms with van der Waals surface area (Å²) in [6, 6.07) is 13.8. The normalized spacial score (nSPS) is 13.2. The summed E-state index contributed by atoms with van der Waals surface area (Å²) in [5, 5.41) is 12.3. The molecule has 0 saturated heterocycles. The SMILES string of the molecule is CC(=O)NC(C)Cc1ccc(-c2cc3c(cc2C#N)OCO3)cc1. The molecule has 0 bridgehead atoms. The summed E-state index contributed by atoms with van der Waals surface area (Å²) in [4.78, 5) is 11.1. The second kappa shape index (κ2) is 6.63. The number of carbonyl (C=O) groups excluding carboxylic acids is 1. The second-order valence-electron chi connectivity index (χ2n) is 5.87. The van der Waals surface area contributed by atoms with Crippen LogP contribution in [0.1, 0.15) is 25.0 Å². The third-order valence-corrected chi connectivity index (χ3v) is 3.89. The highest BCUT2D eigenvalue weighted by molar-refractivity contribution is 5.75. The lowest BCUT2D eigenvalue weighted by molar-refractivity contribution is -0.119. The van der Waals surface area contributed by atoms with Gasteiger partial charge in [0.05, 0.1) is 11.6 Å². The third-order valence-electron chi connectivity index (χ3n) is 3.89. The first-order chi connectivity index (χ1) is 11.6. The van der Waals surface area contributed by atoms with Crippen LogP contribution in [0, 0.1) is 11.3 Å². The molecule has 2 aromatic rings. The number of fused-ring (bicyclic) bond motifs is 1. The van der Waals surface area contributed by atoms with Gasteiger partial charge in [0.15, 0.2) is 11.5 Å². The number of nitrogens with zero attached hydrogens (tertiary/aromatic N) is 1. The Bertz CT molecular complexity index is 807. The standard InChI is InChI=1S/C19H18N2O3/c1-12(21-13(2)22)7-14-3-5-15(6-4-14)17-9-19-18(23-11-24-19)8-16(17)10-20/h3-6,8-9,12H,7,11H2,1-2H3,(H,21,22). The molecule has 0 aliphatic carbocycles. The fourth-order valence-electron chi connectivity index (χ4n) is 2.85. The largest absolute Gasteiger partial charge is 0.454 e. The van der Waals surface area contributed by atoms with Gasteiger partial charge in [-0.25, -0.2) is 0 Å². The van der Waals surface area contributed by atoms with E-state index >= 15 is 0 Å². The lowest BCUT2D eigenvalue weighted by Gasteiger charge is -2.13. The Morgan fingerprint density at radius 3 is 2.54 bits per heavy atom. The predicted molar refractivity (Wildman–Crippen MR) is 89.7 cm³/mol. The number of amides is 1. The van der Waals surface area contributed by atoms with Crippen molar-refractivity contribution < 1.29 is 14.3 Å². The van der Waals surface area contributed by atoms with Gasteiger partial charge >= 0.3 is 0 Å². The maximum atomic E-state index is 11.1. The molecule has 1 aliphatic heterocycles. The van der Waals surface area contributed by atoms with Crippen molar-refractivity contribution in [3.05, 3.63) is 47.5 Å². The van der Waals surface area contributed by atoms with E-state index in [1.54, 1.807) is 6.07 Å². The minimum absolute atomic E-state index is 0.0295. The minimum Gasteiger partial charge on any atom is -0.454 e. The fourth-order valence-corrected chi connectivity index (χ4v) is 2.85. The van der Waals surface area contributed by atoms with E-state index in [1.165, 1.54) is 6.92 Å². The predicted octanol–water partition coefficient (Wildman–Crippen LogP) is 3.02. The van der Waals surface area contributed by atoms with E-state index in [9.17, 15) is 10.1 Å². The molecule has 0 fully saturated rings. The van der Waals surface area contributed by atoms with Crippen molar-refractivity contribution in [1.82, 2.24) is 5.32 Å². The number of nitriles is 1. The molecule has 2 aromatic carbocycles. The molecule has 1 heterocycles. The Balaban J connectivity index is 1.84. The Labute approximate surface area is 140 Å². The van der Waals surface area contributed by atoms with Crippen molar-refractivity contribution in [2.45, 2.75) is 26.3 Å². The number of rotatable bonds is 4. The summed E-state index contributed by atoms with van der Waals surface area (Å²) < 4.78 is 10.7. The summed E-state index contributed by atoms with van der Waals surface area (Å²) in [6.45, 7) is 3.67. The van der Waals surface area contributed by atoms with E-state index < -0.39 is 0 Å². The van der Waals surface area contributed by atoms with Gasteiger partial charge in [0.25, 0.3) is 0 Å². The molecule has 0 radical (unpaired) electrons. The van der Waals surface area contributed by atoms with Crippen molar-refractivity contribution in [3.63, 3.8) is 0 Å². The molecule has 24 heavy (non-hydrogen) atoms. The number of ether oxygens (including phenoxy) is 2. The molecular formula is C19H18N2O3. The Hall–Kier alpha value is -3.00. The molecule has 1 aliphatic rings. The Morgan fingerprint density at radius 2 is 1.92 bits per heavy atom. The van der Waals surface area contributed by atoms with Crippen molar-refractivity contribution in [2.24, 2.45) is 0 Å². The molecule has 5 nitrogen and oxygen atoms in total. The lowest BCUT2D eigenvalue weighted by atomic mass is 9.97. The first-order valence-electron chi connectivity index (χ1n) is 7.77. The molecule has 1 atom stereocenters. The summed E-state index contributed by atoms with van der Waals surface area (Å²) in [6.07, 6.45) is 0.756. The van der Waals surface area contributed by atoms with Crippen LogP contribution >= 0.6 is 0 Å². The molecule has 122 valence electrons. The van der Waals surface area contributed by atoms with Crippen molar-refractivity contribution in [2.75, 3.05) is 6.79 Å². The fraction of sp³-hybridized carbons (Fsp3) is 0.263. The zero-order chi connectivity index (χ0) is 17.1. The topological polar surface area (TPSA) is 71.4 Å². The zero-order valence-electron chi connectivity index (χ0n) is 13.6. The van der Waals surface area contributed by atoms with E-state index in [-0.39, 0.29) is 18.7 Å². The van der Waals surface area contributed by atoms with E-state index in [0.717, 1.165) is 23.1 Å². The van der Waals surface area contributed by atoms with Crippen LogP contribution in [0.2, 0.25) is 0 Å². The quantitative estimate of drug-likeness (QED) is 0.939. The van der Waals surface area contributed by atoms with E-state index in [4.69, 9.17) is 9.47 Å². The number of carbonyl (C=O) groups is 1. The van der Waals surface area contributed by atoms with Crippen LogP contribution in [0.4, 0.5) is 0 Å². The molecule has 1 amide bonds. The zero-order valence-corrected chi connectivity index (χ0v) is 13.6. The van der Waals surface area contributed by atoms with Gasteiger partial charge in [-0.3, -0.25) is 4.79 Å². The Morgan fingerprint density at radius 1 is 1.25 bits per heavy atom. The Kier molecular flexibility index (Phi) is 4.39. The van der Waals surface area contributed by atoms with Gasteiger partial charge in [-0.1, -0.05) is 24.3 Å². The average molecular weight is 322 g/mol. The van der Waals surface area contributed by atoms with Crippen molar-refractivity contribution >= 4 is 5.91 Å². The second-order valence-corrected chi connectivity index (χ2v) is 5.87. The van der Waals surface area contributed by atoms with Gasteiger partial charge in [-0.05, 0) is 30.5 Å². The van der Waals surface area contributed by atoms with Gasteiger partial charge in [0.1, 0.15) is 0 Å². The maximum Gasteiger partial charge on any atom is 0.231 e. The highest BCUT2D eigenvalue weighted by atomic mass is 16.7. The van der Waals surface area contributed by atoms with Gasteiger partial charge in [0.2, 0.25) is 12.7 Å². The van der Waals surface area contributed by atoms with Gasteiger partial charge in [-0.15, -0.1) is 0 Å². The molecule has 1 N–H and O–H groups in total. The van der Waals surface area contributed by atoms with Crippen LogP contribution in [0.3, 0.4) is 0 Å². The number of benzene rings is 2. The van der Waals surface area contributed by atoms with Gasteiger partial charge in [-0.2, -0.15) is 5.26 Å². The van der Waals surface area contributed by atoms with E-state index in [0.29, 0.717) is 17.1 Å². The van der Waals surface area contributed by atoms with Crippen molar-refractivity contribution in [3.8, 4) is 28.7 Å². The van der Waals surface area contributed by atoms with Crippen LogP contribution < -0.4 is 14.8 Å². The maximum absolute atomic E-state index is 11.1. The number of nitrogens with one attached hydrogen (secondary N) is 1. The van der Waals surface area contributed by atoms with Crippen LogP contribution in [-0.4, -0.2) is 18.7 Å².